The number of rotatable bonds is 4. The van der Waals surface area contributed by atoms with Crippen LogP contribution in [0, 0.1) is 37.5 Å². The summed E-state index contributed by atoms with van der Waals surface area (Å²) in [6.45, 7) is 4.00. The summed E-state index contributed by atoms with van der Waals surface area (Å²) in [5.41, 5.74) is 8.34. The third-order valence-electron chi connectivity index (χ3n) is 6.51. The first-order chi connectivity index (χ1) is 19.4. The minimum absolute atomic E-state index is 0.00267. The first kappa shape index (κ1) is 26.2. The maximum Gasteiger partial charge on any atom is 0.193 e. The Bertz CT molecular complexity index is 1640. The molecule has 0 saturated carbocycles. The van der Waals surface area contributed by atoms with Crippen LogP contribution in [0.5, 0.6) is 0 Å². The number of ketones is 2. The van der Waals surface area contributed by atoms with Crippen LogP contribution in [0.15, 0.2) is 121 Å². The smallest absolute Gasteiger partial charge is 0.193 e. The van der Waals surface area contributed by atoms with Crippen LogP contribution < -0.4 is 0 Å². The van der Waals surface area contributed by atoms with Crippen LogP contribution >= 0.6 is 0 Å². The van der Waals surface area contributed by atoms with Crippen molar-refractivity contribution in [1.82, 2.24) is 0 Å². The molecule has 0 saturated heterocycles. The van der Waals surface area contributed by atoms with Crippen LogP contribution in [0.4, 0.5) is 0 Å². The van der Waals surface area contributed by atoms with E-state index in [0.717, 1.165) is 33.4 Å². The molecule has 190 valence electrons. The Morgan fingerprint density at radius 3 is 0.800 bits per heavy atom. The van der Waals surface area contributed by atoms with Gasteiger partial charge in [-0.1, -0.05) is 83.3 Å². The topological polar surface area (TPSA) is 34.1 Å². The van der Waals surface area contributed by atoms with Gasteiger partial charge < -0.3 is 0 Å². The molecule has 0 aliphatic heterocycles. The van der Waals surface area contributed by atoms with Crippen LogP contribution in [0.2, 0.25) is 0 Å². The normalized spacial score (nSPS) is 10.1. The summed E-state index contributed by atoms with van der Waals surface area (Å²) in [5.74, 6) is 12.7. The van der Waals surface area contributed by atoms with Gasteiger partial charge in [0.25, 0.3) is 0 Å². The number of hydrogen-bond donors (Lipinski definition) is 0. The minimum Gasteiger partial charge on any atom is -0.289 e. The molecule has 0 amide bonds. The Kier molecular flexibility index (Phi) is 7.82. The molecule has 0 bridgehead atoms. The number of hydrogen-bond acceptors (Lipinski definition) is 2. The van der Waals surface area contributed by atoms with E-state index in [0.29, 0.717) is 22.3 Å². The van der Waals surface area contributed by atoms with Gasteiger partial charge in [0.15, 0.2) is 11.6 Å². The maximum atomic E-state index is 12.7. The van der Waals surface area contributed by atoms with E-state index in [4.69, 9.17) is 0 Å². The quantitative estimate of drug-likeness (QED) is 0.183. The Hall–Kier alpha value is -5.44. The van der Waals surface area contributed by atoms with E-state index in [-0.39, 0.29) is 11.6 Å². The van der Waals surface area contributed by atoms with E-state index < -0.39 is 0 Å². The first-order valence-electron chi connectivity index (χ1n) is 13.0. The summed E-state index contributed by atoms with van der Waals surface area (Å²) in [6, 6.07) is 37.7. The summed E-state index contributed by atoms with van der Waals surface area (Å²) >= 11 is 0. The van der Waals surface area contributed by atoms with E-state index in [1.807, 2.05) is 135 Å². The molecule has 0 atom stereocenters. The van der Waals surface area contributed by atoms with E-state index in [9.17, 15) is 9.59 Å². The van der Waals surface area contributed by atoms with E-state index in [1.165, 1.54) is 0 Å². The summed E-state index contributed by atoms with van der Waals surface area (Å²) in [4.78, 5) is 25.3. The highest BCUT2D eigenvalue weighted by molar-refractivity contribution is 6.09. The van der Waals surface area contributed by atoms with Gasteiger partial charge in [-0.3, -0.25) is 9.59 Å². The fraction of sp³-hybridized carbons (Fsp3) is 0.0526. The molecule has 0 radical (unpaired) electrons. The summed E-state index contributed by atoms with van der Waals surface area (Å²) in [7, 11) is 0. The highest BCUT2D eigenvalue weighted by atomic mass is 16.1. The molecule has 0 N–H and O–H groups in total. The van der Waals surface area contributed by atoms with Gasteiger partial charge >= 0.3 is 0 Å². The Morgan fingerprint density at radius 1 is 0.350 bits per heavy atom. The zero-order chi connectivity index (χ0) is 27.9. The van der Waals surface area contributed by atoms with Crippen LogP contribution in [0.3, 0.4) is 0 Å². The Balaban J connectivity index is 1.20. The average molecular weight is 515 g/mol. The predicted molar refractivity (Wildman–Crippen MR) is 161 cm³/mol. The second-order valence-corrected chi connectivity index (χ2v) is 9.62. The van der Waals surface area contributed by atoms with Crippen molar-refractivity contribution >= 4 is 11.6 Å². The molecule has 2 heteroatoms. The third-order valence-corrected chi connectivity index (χ3v) is 6.51. The SMILES string of the molecule is Cc1ccc(C(=O)c2ccc(C#Cc3ccc(C#Cc4ccc(C(=O)c5ccc(C)cc5)cc4)cc3)cc2)cc1. The van der Waals surface area contributed by atoms with Gasteiger partial charge in [0, 0.05) is 44.5 Å². The fourth-order valence-electron chi connectivity index (χ4n) is 4.08. The van der Waals surface area contributed by atoms with Crippen molar-refractivity contribution in [2.24, 2.45) is 0 Å². The number of carbonyl (C=O) groups excluding carboxylic acids is 2. The molecule has 0 aromatic heterocycles. The lowest BCUT2D eigenvalue weighted by molar-refractivity contribution is 0.103. The van der Waals surface area contributed by atoms with Crippen LogP contribution in [-0.4, -0.2) is 11.6 Å². The largest absolute Gasteiger partial charge is 0.289 e. The van der Waals surface area contributed by atoms with Gasteiger partial charge in [-0.2, -0.15) is 0 Å². The molecular formula is C38H26O2. The lowest BCUT2D eigenvalue weighted by Crippen LogP contribution is -2.00. The zero-order valence-corrected chi connectivity index (χ0v) is 22.4. The summed E-state index contributed by atoms with van der Waals surface area (Å²) in [6.07, 6.45) is 0. The molecule has 0 heterocycles. The zero-order valence-electron chi connectivity index (χ0n) is 22.4. The lowest BCUT2D eigenvalue weighted by Gasteiger charge is -2.02. The van der Waals surface area contributed by atoms with Crippen molar-refractivity contribution in [1.29, 1.82) is 0 Å². The molecule has 0 spiro atoms. The van der Waals surface area contributed by atoms with Gasteiger partial charge in [-0.15, -0.1) is 0 Å². The van der Waals surface area contributed by atoms with Crippen molar-refractivity contribution in [3.63, 3.8) is 0 Å². The fourth-order valence-corrected chi connectivity index (χ4v) is 4.08. The molecule has 40 heavy (non-hydrogen) atoms. The Morgan fingerprint density at radius 2 is 0.550 bits per heavy atom. The summed E-state index contributed by atoms with van der Waals surface area (Å²) in [5, 5.41) is 0. The van der Waals surface area contributed by atoms with Gasteiger partial charge in [-0.05, 0) is 86.6 Å². The molecule has 5 aromatic carbocycles. The Labute approximate surface area is 235 Å². The van der Waals surface area contributed by atoms with Crippen LogP contribution in [0.25, 0.3) is 0 Å². The standard InChI is InChI=1S/C38H26O2/c1-27-3-19-33(20-4-27)37(39)35-23-15-31(16-24-35)13-11-29-7-9-30(10-8-29)12-14-32-17-25-36(26-18-32)38(40)34-21-5-28(2)6-22-34/h3-10,15-26H,1-2H3. The van der Waals surface area contributed by atoms with Crippen molar-refractivity contribution in [3.05, 3.63) is 177 Å². The molecule has 5 rings (SSSR count). The molecule has 2 nitrogen and oxygen atoms in total. The van der Waals surface area contributed by atoms with Crippen molar-refractivity contribution < 1.29 is 9.59 Å². The van der Waals surface area contributed by atoms with Gasteiger partial charge in [0.2, 0.25) is 0 Å². The average Bonchev–Trinajstić information content (AvgIpc) is 3.00. The second-order valence-electron chi connectivity index (χ2n) is 9.62. The molecule has 0 fully saturated rings. The third kappa shape index (κ3) is 6.51. The van der Waals surface area contributed by atoms with Gasteiger partial charge in [0.05, 0.1) is 0 Å². The van der Waals surface area contributed by atoms with E-state index >= 15 is 0 Å². The monoisotopic (exact) mass is 514 g/mol. The maximum absolute atomic E-state index is 12.7. The predicted octanol–water partition coefficient (Wildman–Crippen LogP) is 7.57. The van der Waals surface area contributed by atoms with Crippen molar-refractivity contribution in [2.45, 2.75) is 13.8 Å². The number of carbonyl (C=O) groups is 2. The minimum atomic E-state index is 0.00267. The molecule has 0 aliphatic carbocycles. The molecular weight excluding hydrogens is 488 g/mol. The van der Waals surface area contributed by atoms with Crippen LogP contribution in [-0.2, 0) is 0 Å². The highest BCUT2D eigenvalue weighted by Gasteiger charge is 2.09. The first-order valence-corrected chi connectivity index (χ1v) is 13.0. The molecule has 0 aliphatic rings. The van der Waals surface area contributed by atoms with E-state index in [2.05, 4.69) is 23.7 Å². The molecule has 5 aromatic rings. The van der Waals surface area contributed by atoms with Crippen LogP contribution in [0.1, 0.15) is 65.2 Å². The lowest BCUT2D eigenvalue weighted by atomic mass is 10.0. The van der Waals surface area contributed by atoms with Gasteiger partial charge in [0.1, 0.15) is 0 Å². The second kappa shape index (κ2) is 12.0. The van der Waals surface area contributed by atoms with Crippen molar-refractivity contribution in [2.75, 3.05) is 0 Å². The highest BCUT2D eigenvalue weighted by Crippen LogP contribution is 2.14. The number of benzene rings is 5. The summed E-state index contributed by atoms with van der Waals surface area (Å²) < 4.78 is 0. The van der Waals surface area contributed by atoms with Crippen molar-refractivity contribution in [3.8, 4) is 23.7 Å². The van der Waals surface area contributed by atoms with E-state index in [1.54, 1.807) is 0 Å². The molecule has 0 unspecified atom stereocenters. The van der Waals surface area contributed by atoms with Gasteiger partial charge in [-0.25, -0.2) is 0 Å². The number of aryl methyl sites for hydroxylation is 2.